The van der Waals surface area contributed by atoms with Crippen LogP contribution in [0.25, 0.3) is 31.3 Å². The van der Waals surface area contributed by atoms with Crippen LogP contribution in [0.3, 0.4) is 0 Å². The van der Waals surface area contributed by atoms with Crippen LogP contribution in [0, 0.1) is 5.92 Å². The summed E-state index contributed by atoms with van der Waals surface area (Å²) in [6, 6.07) is 0. The van der Waals surface area contributed by atoms with Crippen molar-refractivity contribution in [1.29, 1.82) is 0 Å². The SMILES string of the molecule is CC(=O)CCOCCN=[N+]=[N-].CC1CC(=O)N(CCOCCN=[N+]=[N-])C1=O.CCC(=O)NCCOCCN=[N+]=[N-]. The highest BCUT2D eigenvalue weighted by atomic mass is 16.5. The topological polar surface area (TPSA) is 258 Å². The molecule has 0 bridgehead atoms. The summed E-state index contributed by atoms with van der Waals surface area (Å²) in [5.74, 6) is -0.372. The molecule has 1 saturated heterocycles. The highest BCUT2D eigenvalue weighted by Gasteiger charge is 2.34. The molecule has 1 rings (SSSR count). The van der Waals surface area contributed by atoms with Crippen molar-refractivity contribution in [3.63, 3.8) is 0 Å². The van der Waals surface area contributed by atoms with Gasteiger partial charge >= 0.3 is 0 Å². The minimum Gasteiger partial charge on any atom is -0.381 e. The maximum Gasteiger partial charge on any atom is 0.232 e. The van der Waals surface area contributed by atoms with Crippen LogP contribution in [-0.2, 0) is 33.4 Å². The summed E-state index contributed by atoms with van der Waals surface area (Å²) in [6.07, 6.45) is 1.20. The second-order valence-corrected chi connectivity index (χ2v) is 7.84. The number of ether oxygens (including phenoxy) is 3. The number of hydrogen-bond donors (Lipinski definition) is 1. The second kappa shape index (κ2) is 28.1. The first-order chi connectivity index (χ1) is 19.2. The molecule has 1 fully saturated rings. The average molecular weight is 570 g/mol. The van der Waals surface area contributed by atoms with Crippen LogP contribution in [0.15, 0.2) is 15.3 Å². The Morgan fingerprint density at radius 1 is 0.900 bits per heavy atom. The van der Waals surface area contributed by atoms with Crippen LogP contribution in [0.4, 0.5) is 0 Å². The molecule has 0 radical (unpaired) electrons. The van der Waals surface area contributed by atoms with Crippen LogP contribution in [-0.4, -0.2) is 101 Å². The van der Waals surface area contributed by atoms with E-state index >= 15 is 0 Å². The number of nitrogens with zero attached hydrogens (tertiary/aromatic N) is 10. The van der Waals surface area contributed by atoms with Gasteiger partial charge < -0.3 is 19.5 Å². The molecule has 0 aromatic heterocycles. The van der Waals surface area contributed by atoms with Crippen LogP contribution >= 0.6 is 0 Å². The molecule has 224 valence electrons. The van der Waals surface area contributed by atoms with Crippen LogP contribution in [0.2, 0.25) is 0 Å². The van der Waals surface area contributed by atoms with Gasteiger partial charge in [0.25, 0.3) is 0 Å². The Morgan fingerprint density at radius 2 is 1.40 bits per heavy atom. The van der Waals surface area contributed by atoms with E-state index in [9.17, 15) is 19.2 Å². The summed E-state index contributed by atoms with van der Waals surface area (Å²) in [5, 5.41) is 12.5. The Labute approximate surface area is 232 Å². The summed E-state index contributed by atoms with van der Waals surface area (Å²) in [5.41, 5.74) is 23.8. The normalized spacial score (nSPS) is 13.4. The van der Waals surface area contributed by atoms with E-state index in [1.165, 1.54) is 11.8 Å². The number of amides is 3. The third-order valence-corrected chi connectivity index (χ3v) is 4.61. The Balaban J connectivity index is 0. The van der Waals surface area contributed by atoms with Crippen molar-refractivity contribution in [3.05, 3.63) is 31.3 Å². The molecule has 1 N–H and O–H groups in total. The minimum atomic E-state index is -0.212. The van der Waals surface area contributed by atoms with Crippen molar-refractivity contribution in [2.75, 3.05) is 72.4 Å². The van der Waals surface area contributed by atoms with Crippen molar-refractivity contribution in [3.8, 4) is 0 Å². The Kier molecular flexibility index (Phi) is 26.9. The van der Waals surface area contributed by atoms with Gasteiger partial charge in [-0.1, -0.05) is 29.2 Å². The number of rotatable bonds is 19. The van der Waals surface area contributed by atoms with E-state index in [2.05, 4.69) is 35.4 Å². The molecule has 0 aliphatic carbocycles. The zero-order valence-electron chi connectivity index (χ0n) is 23.3. The van der Waals surface area contributed by atoms with Gasteiger partial charge in [-0.05, 0) is 23.5 Å². The lowest BCUT2D eigenvalue weighted by molar-refractivity contribution is -0.140. The third-order valence-electron chi connectivity index (χ3n) is 4.61. The zero-order valence-corrected chi connectivity index (χ0v) is 23.3. The molecule has 3 amide bonds. The van der Waals surface area contributed by atoms with Crippen molar-refractivity contribution >= 4 is 23.5 Å². The van der Waals surface area contributed by atoms with Crippen molar-refractivity contribution in [2.45, 2.75) is 40.0 Å². The fraction of sp³-hybridized carbons (Fsp3) is 0.818. The smallest absolute Gasteiger partial charge is 0.232 e. The number of azide groups is 3. The third kappa shape index (κ3) is 24.4. The molecular weight excluding hydrogens is 530 g/mol. The number of ketones is 1. The number of carbonyl (C=O) groups excluding carboxylic acids is 4. The molecule has 0 aromatic carbocycles. The highest BCUT2D eigenvalue weighted by Crippen LogP contribution is 2.17. The van der Waals surface area contributed by atoms with Gasteiger partial charge in [-0.25, -0.2) is 0 Å². The van der Waals surface area contributed by atoms with Crippen LogP contribution in [0.5, 0.6) is 0 Å². The number of carbonyl (C=O) groups is 4. The fourth-order valence-electron chi connectivity index (χ4n) is 2.60. The summed E-state index contributed by atoms with van der Waals surface area (Å²) in [6.45, 7) is 8.97. The molecule has 0 spiro atoms. The highest BCUT2D eigenvalue weighted by molar-refractivity contribution is 6.03. The molecule has 0 saturated carbocycles. The van der Waals surface area contributed by atoms with Gasteiger partial charge in [0, 0.05) is 66.1 Å². The maximum atomic E-state index is 11.5. The largest absolute Gasteiger partial charge is 0.381 e. The minimum absolute atomic E-state index is 0.0126. The molecular formula is C22H39N11O7. The molecule has 1 unspecified atom stereocenters. The average Bonchev–Trinajstić information content (AvgIpc) is 3.18. The molecule has 0 aromatic rings. The summed E-state index contributed by atoms with van der Waals surface area (Å²) in [7, 11) is 0. The monoisotopic (exact) mass is 569 g/mol. The molecule has 1 heterocycles. The van der Waals surface area contributed by atoms with Crippen molar-refractivity contribution in [1.82, 2.24) is 10.2 Å². The van der Waals surface area contributed by atoms with Gasteiger partial charge in [0.2, 0.25) is 17.7 Å². The number of imide groups is 1. The van der Waals surface area contributed by atoms with E-state index in [1.54, 1.807) is 13.8 Å². The summed E-state index contributed by atoms with van der Waals surface area (Å²) in [4.78, 5) is 52.8. The van der Waals surface area contributed by atoms with E-state index in [-0.39, 0.29) is 55.5 Å². The van der Waals surface area contributed by atoms with E-state index in [4.69, 9.17) is 30.8 Å². The number of hydrogen-bond acceptors (Lipinski definition) is 10. The molecule has 40 heavy (non-hydrogen) atoms. The lowest BCUT2D eigenvalue weighted by Crippen LogP contribution is -2.33. The molecule has 18 nitrogen and oxygen atoms in total. The first-order valence-corrected chi connectivity index (χ1v) is 12.6. The standard InChI is InChI=1S/C9H14N4O3.C7H14N4O2.C6H11N3O2/c1-7-6-8(14)13(9(7)15)3-5-16-4-2-11-12-10;1-2-7(12)9-3-5-13-6-4-10-11-8;1-6(10)2-4-11-5-3-8-9-7/h7H,2-6H2,1H3;2-6H2,1H3,(H,9,12);2-5H2,1H3. The van der Waals surface area contributed by atoms with Gasteiger partial charge in [0.15, 0.2) is 0 Å². The van der Waals surface area contributed by atoms with Gasteiger partial charge in [-0.3, -0.25) is 24.1 Å². The maximum absolute atomic E-state index is 11.5. The first kappa shape index (κ1) is 38.2. The Hall–Kier alpha value is -3.91. The van der Waals surface area contributed by atoms with E-state index < -0.39 is 0 Å². The van der Waals surface area contributed by atoms with Gasteiger partial charge in [0.1, 0.15) is 5.78 Å². The number of Topliss-reactive ketones (excluding diaryl/α,β-unsaturated/α-hetero) is 1. The van der Waals surface area contributed by atoms with Crippen molar-refractivity contribution in [2.24, 2.45) is 21.3 Å². The van der Waals surface area contributed by atoms with E-state index in [1.807, 2.05) is 0 Å². The predicted octanol–water partition coefficient (Wildman–Crippen LogP) is 2.84. The van der Waals surface area contributed by atoms with Crippen LogP contribution < -0.4 is 5.32 Å². The molecule has 18 heteroatoms. The van der Waals surface area contributed by atoms with Gasteiger partial charge in [0.05, 0.1) is 46.2 Å². The zero-order chi connectivity index (χ0) is 30.4. The van der Waals surface area contributed by atoms with Crippen LogP contribution in [0.1, 0.15) is 40.0 Å². The first-order valence-electron chi connectivity index (χ1n) is 12.6. The summed E-state index contributed by atoms with van der Waals surface area (Å²) >= 11 is 0. The Morgan fingerprint density at radius 3 is 1.82 bits per heavy atom. The van der Waals surface area contributed by atoms with E-state index in [0.717, 1.165) is 0 Å². The Bertz CT molecular complexity index is 896. The molecule has 1 atom stereocenters. The number of likely N-dealkylation sites (tertiary alicyclic amines) is 1. The molecule has 1 aliphatic heterocycles. The predicted molar refractivity (Wildman–Crippen MR) is 144 cm³/mol. The second-order valence-electron chi connectivity index (χ2n) is 7.84. The lowest BCUT2D eigenvalue weighted by Gasteiger charge is -2.13. The summed E-state index contributed by atoms with van der Waals surface area (Å²) < 4.78 is 15.1. The molecule has 1 aliphatic rings. The lowest BCUT2D eigenvalue weighted by atomic mass is 10.1. The van der Waals surface area contributed by atoms with Crippen molar-refractivity contribution < 1.29 is 33.4 Å². The van der Waals surface area contributed by atoms with Gasteiger partial charge in [-0.15, -0.1) is 0 Å². The van der Waals surface area contributed by atoms with Gasteiger partial charge in [-0.2, -0.15) is 0 Å². The van der Waals surface area contributed by atoms with E-state index in [0.29, 0.717) is 65.5 Å². The fourth-order valence-corrected chi connectivity index (χ4v) is 2.60. The quantitative estimate of drug-likeness (QED) is 0.0798. The number of nitrogens with one attached hydrogen (secondary N) is 1.